The zero-order valence-electron chi connectivity index (χ0n) is 15.8. The van der Waals surface area contributed by atoms with Crippen molar-refractivity contribution in [2.24, 2.45) is 5.10 Å². The molecule has 0 saturated heterocycles. The Morgan fingerprint density at radius 2 is 2.04 bits per heavy atom. The van der Waals surface area contributed by atoms with Gasteiger partial charge in [0.05, 0.1) is 11.3 Å². The van der Waals surface area contributed by atoms with Gasteiger partial charge in [-0.05, 0) is 48.8 Å². The van der Waals surface area contributed by atoms with E-state index in [-0.39, 0.29) is 23.8 Å². The highest BCUT2D eigenvalue weighted by molar-refractivity contribution is 6.60. The van der Waals surface area contributed by atoms with Crippen molar-refractivity contribution in [3.63, 3.8) is 0 Å². The number of pyridine rings is 1. The first kappa shape index (κ1) is 19.9. The number of hydrogen-bond acceptors (Lipinski definition) is 5. The van der Waals surface area contributed by atoms with Crippen LogP contribution in [0.15, 0.2) is 35.6 Å². The van der Waals surface area contributed by atoms with Gasteiger partial charge in [-0.2, -0.15) is 5.10 Å². The lowest BCUT2D eigenvalue weighted by Gasteiger charge is -2.24. The predicted octanol–water partition coefficient (Wildman–Crippen LogP) is 2.41. The van der Waals surface area contributed by atoms with Crippen LogP contribution in [0.2, 0.25) is 5.02 Å². The summed E-state index contributed by atoms with van der Waals surface area (Å²) in [6.07, 6.45) is 1.89. The lowest BCUT2D eigenvalue weighted by Crippen LogP contribution is -2.40. The molecule has 0 spiro atoms. The van der Waals surface area contributed by atoms with Crippen LogP contribution in [0.1, 0.15) is 27.9 Å². The van der Waals surface area contributed by atoms with Gasteiger partial charge in [-0.1, -0.05) is 17.7 Å². The summed E-state index contributed by atoms with van der Waals surface area (Å²) >= 11 is 6.08. The molecule has 142 valence electrons. The Morgan fingerprint density at radius 1 is 1.29 bits per heavy atom. The molecular weight excluding hydrogens is 377 g/mol. The molecule has 1 unspecified atom stereocenters. The number of nitrogens with zero attached hydrogens (tertiary/aromatic N) is 3. The fourth-order valence-corrected chi connectivity index (χ4v) is 3.35. The molecule has 0 bridgehead atoms. The number of carbonyl (C=O) groups excluding carboxylic acids is 2. The molecule has 1 aromatic carbocycles. The predicted molar refractivity (Wildman–Crippen MR) is 111 cm³/mol. The van der Waals surface area contributed by atoms with Gasteiger partial charge < -0.3 is 10.6 Å². The average molecular weight is 396 g/mol. The Bertz CT molecular complexity index is 979. The van der Waals surface area contributed by atoms with E-state index in [1.54, 1.807) is 19.2 Å². The topological polar surface area (TPSA) is 86.7 Å². The number of hydrazone groups is 1. The molecule has 3 rings (SSSR count). The number of hydrogen-bond donors (Lipinski definition) is 2. The Balaban J connectivity index is 1.93. The first-order valence-corrected chi connectivity index (χ1v) is 9.06. The maximum absolute atomic E-state index is 13.1. The second-order valence-corrected chi connectivity index (χ2v) is 6.95. The molecule has 0 fully saturated rings. The van der Waals surface area contributed by atoms with E-state index in [4.69, 9.17) is 19.4 Å². The van der Waals surface area contributed by atoms with Crippen LogP contribution in [0.3, 0.4) is 0 Å². The number of amides is 2. The third-order valence-electron chi connectivity index (χ3n) is 4.46. The Morgan fingerprint density at radius 3 is 2.71 bits per heavy atom. The highest BCUT2D eigenvalue weighted by atomic mass is 35.5. The fourth-order valence-electron chi connectivity index (χ4n) is 3.08. The molecule has 1 aliphatic heterocycles. The van der Waals surface area contributed by atoms with Crippen LogP contribution in [0.4, 0.5) is 11.5 Å². The van der Waals surface area contributed by atoms with Crippen molar-refractivity contribution in [2.75, 3.05) is 17.4 Å². The second-order valence-electron chi connectivity index (χ2n) is 6.51. The van der Waals surface area contributed by atoms with E-state index in [1.807, 2.05) is 19.1 Å². The van der Waals surface area contributed by atoms with E-state index >= 15 is 0 Å². The van der Waals surface area contributed by atoms with Gasteiger partial charge in [-0.3, -0.25) is 9.59 Å². The lowest BCUT2D eigenvalue weighted by molar-refractivity contribution is -0.117. The summed E-state index contributed by atoms with van der Waals surface area (Å²) in [5, 5.41) is 11.6. The molecule has 9 heteroatoms. The van der Waals surface area contributed by atoms with E-state index in [0.29, 0.717) is 27.7 Å². The van der Waals surface area contributed by atoms with Crippen LogP contribution < -0.4 is 15.6 Å². The number of rotatable bonds is 4. The number of nitrogens with one attached hydrogen (secondary N) is 2. The minimum absolute atomic E-state index is 0.254. The normalized spacial score (nSPS) is 15.9. The van der Waals surface area contributed by atoms with E-state index in [0.717, 1.165) is 5.56 Å². The molecular formula is C19H19BClN5O2. The average Bonchev–Trinajstić information content (AvgIpc) is 3.05. The summed E-state index contributed by atoms with van der Waals surface area (Å²) in [6.45, 7) is 3.66. The Hall–Kier alpha value is -2.87. The van der Waals surface area contributed by atoms with Gasteiger partial charge in [0.25, 0.3) is 5.91 Å². The summed E-state index contributed by atoms with van der Waals surface area (Å²) in [4.78, 5) is 29.6. The number of benzene rings is 1. The lowest BCUT2D eigenvalue weighted by atomic mass is 9.95. The van der Waals surface area contributed by atoms with Crippen LogP contribution in [0.25, 0.3) is 0 Å². The Kier molecular flexibility index (Phi) is 5.69. The maximum Gasteiger partial charge on any atom is 0.253 e. The van der Waals surface area contributed by atoms with Crippen LogP contribution >= 0.6 is 11.6 Å². The largest absolute Gasteiger partial charge is 0.355 e. The zero-order chi connectivity index (χ0) is 20.4. The first-order chi connectivity index (χ1) is 13.3. The monoisotopic (exact) mass is 395 g/mol. The van der Waals surface area contributed by atoms with Gasteiger partial charge in [-0.25, -0.2) is 9.99 Å². The van der Waals surface area contributed by atoms with Crippen LogP contribution in [0, 0.1) is 13.8 Å². The van der Waals surface area contributed by atoms with E-state index in [2.05, 4.69) is 20.7 Å². The van der Waals surface area contributed by atoms with Crippen molar-refractivity contribution in [3.8, 4) is 0 Å². The SMILES string of the molecule is [B]C1=NN(c2ncccc2C)C(C(=O)Nc2c(C)cc(Cl)cc2C(=O)NC)C1. The smallest absolute Gasteiger partial charge is 0.253 e. The summed E-state index contributed by atoms with van der Waals surface area (Å²) in [5.74, 6) is -0.132. The number of halogens is 1. The van der Waals surface area contributed by atoms with Gasteiger partial charge in [0.1, 0.15) is 13.9 Å². The third kappa shape index (κ3) is 3.87. The van der Waals surface area contributed by atoms with E-state index in [1.165, 1.54) is 18.1 Å². The maximum atomic E-state index is 13.1. The van der Waals surface area contributed by atoms with Crippen LogP contribution in [0.5, 0.6) is 0 Å². The molecule has 2 heterocycles. The molecule has 0 saturated carbocycles. The number of carbonyl (C=O) groups is 2. The van der Waals surface area contributed by atoms with Gasteiger partial charge in [0, 0.05) is 24.7 Å². The molecule has 1 aliphatic rings. The van der Waals surface area contributed by atoms with Crippen molar-refractivity contribution in [1.29, 1.82) is 0 Å². The van der Waals surface area contributed by atoms with Gasteiger partial charge in [0.2, 0.25) is 5.91 Å². The second kappa shape index (κ2) is 8.02. The van der Waals surface area contributed by atoms with Crippen molar-refractivity contribution in [3.05, 3.63) is 52.2 Å². The molecule has 0 aliphatic carbocycles. The molecule has 1 aromatic heterocycles. The molecule has 2 amide bonds. The highest BCUT2D eigenvalue weighted by Crippen LogP contribution is 2.29. The zero-order valence-corrected chi connectivity index (χ0v) is 16.5. The molecule has 7 nitrogen and oxygen atoms in total. The highest BCUT2D eigenvalue weighted by Gasteiger charge is 2.34. The summed E-state index contributed by atoms with van der Waals surface area (Å²) in [7, 11) is 7.42. The molecule has 2 aromatic rings. The molecule has 2 radical (unpaired) electrons. The fraction of sp³-hybridized carbons (Fsp3) is 0.263. The van der Waals surface area contributed by atoms with Crippen molar-refractivity contribution < 1.29 is 9.59 Å². The van der Waals surface area contributed by atoms with Crippen LogP contribution in [-0.4, -0.2) is 43.3 Å². The van der Waals surface area contributed by atoms with Crippen molar-refractivity contribution in [2.45, 2.75) is 26.3 Å². The van der Waals surface area contributed by atoms with E-state index < -0.39 is 6.04 Å². The summed E-state index contributed by atoms with van der Waals surface area (Å²) in [6, 6.07) is 6.21. The standard InChI is InChI=1S/C19H19BClN5O2/c1-10-5-4-6-23-17(10)26-14(9-15(20)25-26)19(28)24-16-11(2)7-12(21)8-13(16)18(27)22-3/h4-8,14H,9H2,1-3H3,(H,22,27)(H,24,28). The minimum Gasteiger partial charge on any atom is -0.355 e. The van der Waals surface area contributed by atoms with Gasteiger partial charge in [0.15, 0.2) is 5.82 Å². The summed E-state index contributed by atoms with van der Waals surface area (Å²) < 4.78 is 0. The van der Waals surface area contributed by atoms with Crippen molar-refractivity contribution in [1.82, 2.24) is 10.3 Å². The van der Waals surface area contributed by atoms with Crippen molar-refractivity contribution >= 4 is 48.4 Å². The number of aromatic nitrogens is 1. The number of aryl methyl sites for hydroxylation is 2. The summed E-state index contributed by atoms with van der Waals surface area (Å²) in [5.41, 5.74) is 2.56. The minimum atomic E-state index is -0.679. The van der Waals surface area contributed by atoms with E-state index in [9.17, 15) is 9.59 Å². The first-order valence-electron chi connectivity index (χ1n) is 8.68. The third-order valence-corrected chi connectivity index (χ3v) is 4.67. The molecule has 1 atom stereocenters. The number of anilines is 2. The quantitative estimate of drug-likeness (QED) is 0.778. The Labute approximate surface area is 169 Å². The van der Waals surface area contributed by atoms with Gasteiger partial charge in [-0.15, -0.1) is 0 Å². The molecule has 2 N–H and O–H groups in total. The molecule has 28 heavy (non-hydrogen) atoms. The van der Waals surface area contributed by atoms with Gasteiger partial charge >= 0.3 is 0 Å². The van der Waals surface area contributed by atoms with Crippen LogP contribution in [-0.2, 0) is 4.79 Å².